The Bertz CT molecular complexity index is 854. The molecule has 3 rings (SSSR count). The zero-order chi connectivity index (χ0) is 18.6. The van der Waals surface area contributed by atoms with E-state index < -0.39 is 10.0 Å². The molecule has 2 aromatic rings. The lowest BCUT2D eigenvalue weighted by Gasteiger charge is -2.21. The molecule has 0 radical (unpaired) electrons. The summed E-state index contributed by atoms with van der Waals surface area (Å²) in [4.78, 5) is 22.4. The highest BCUT2D eigenvalue weighted by atomic mass is 32.2. The van der Waals surface area contributed by atoms with Crippen molar-refractivity contribution in [3.63, 3.8) is 0 Å². The van der Waals surface area contributed by atoms with Crippen LogP contribution in [-0.2, 0) is 16.4 Å². The van der Waals surface area contributed by atoms with E-state index in [0.717, 1.165) is 12.0 Å². The minimum atomic E-state index is -3.56. The summed E-state index contributed by atoms with van der Waals surface area (Å²) in [7, 11) is -3.56. The van der Waals surface area contributed by atoms with Crippen molar-refractivity contribution >= 4 is 15.9 Å². The smallest absolute Gasteiger partial charge is 0.274 e. The monoisotopic (exact) mass is 374 g/mol. The first kappa shape index (κ1) is 18.5. The third-order valence-corrected chi connectivity index (χ3v) is 6.41. The molecule has 0 N–H and O–H groups in total. The van der Waals surface area contributed by atoms with Crippen molar-refractivity contribution in [3.05, 3.63) is 54.1 Å². The van der Waals surface area contributed by atoms with Crippen LogP contribution in [0.25, 0.3) is 0 Å². The number of rotatable bonds is 4. The zero-order valence-corrected chi connectivity index (χ0v) is 15.5. The van der Waals surface area contributed by atoms with Crippen LogP contribution in [0.15, 0.2) is 47.8 Å². The van der Waals surface area contributed by atoms with Crippen LogP contribution < -0.4 is 0 Å². The van der Waals surface area contributed by atoms with Crippen LogP contribution in [0.4, 0.5) is 0 Å². The molecule has 1 fully saturated rings. The lowest BCUT2D eigenvalue weighted by atomic mass is 10.2. The molecule has 138 valence electrons. The Morgan fingerprint density at radius 3 is 2.50 bits per heavy atom. The van der Waals surface area contributed by atoms with E-state index in [9.17, 15) is 13.2 Å². The first-order valence-electron chi connectivity index (χ1n) is 8.66. The van der Waals surface area contributed by atoms with E-state index in [1.807, 2.05) is 19.1 Å². The fourth-order valence-corrected chi connectivity index (χ4v) is 4.42. The summed E-state index contributed by atoms with van der Waals surface area (Å²) >= 11 is 0. The van der Waals surface area contributed by atoms with Gasteiger partial charge in [-0.2, -0.15) is 4.31 Å². The van der Waals surface area contributed by atoms with E-state index in [1.54, 1.807) is 17.0 Å². The lowest BCUT2D eigenvalue weighted by Crippen LogP contribution is -2.37. The summed E-state index contributed by atoms with van der Waals surface area (Å²) in [6, 6.07) is 6.99. The quantitative estimate of drug-likeness (QED) is 0.811. The fourth-order valence-electron chi connectivity index (χ4n) is 2.95. The maximum Gasteiger partial charge on any atom is 0.274 e. The van der Waals surface area contributed by atoms with Crippen molar-refractivity contribution in [3.8, 4) is 0 Å². The minimum absolute atomic E-state index is 0.218. The van der Waals surface area contributed by atoms with Crippen LogP contribution in [0.5, 0.6) is 0 Å². The van der Waals surface area contributed by atoms with Crippen LogP contribution in [0.3, 0.4) is 0 Å². The van der Waals surface area contributed by atoms with Crippen LogP contribution in [-0.4, -0.2) is 59.7 Å². The minimum Gasteiger partial charge on any atom is -0.336 e. The number of nitrogens with zero attached hydrogens (tertiary/aromatic N) is 4. The second-order valence-corrected chi connectivity index (χ2v) is 8.08. The summed E-state index contributed by atoms with van der Waals surface area (Å²) in [5.74, 6) is -0.218. The molecule has 1 aromatic carbocycles. The van der Waals surface area contributed by atoms with Gasteiger partial charge < -0.3 is 4.90 Å². The van der Waals surface area contributed by atoms with Crippen LogP contribution in [0, 0.1) is 0 Å². The average molecular weight is 374 g/mol. The Labute approximate surface area is 153 Å². The molecule has 26 heavy (non-hydrogen) atoms. The molecule has 1 amide bonds. The number of amides is 1. The number of aromatic nitrogens is 2. The predicted molar refractivity (Wildman–Crippen MR) is 97.1 cm³/mol. The highest BCUT2D eigenvalue weighted by Gasteiger charge is 2.28. The molecule has 8 heteroatoms. The Balaban J connectivity index is 1.72. The largest absolute Gasteiger partial charge is 0.336 e. The molecule has 1 aromatic heterocycles. The van der Waals surface area contributed by atoms with Gasteiger partial charge in [-0.25, -0.2) is 13.4 Å². The van der Waals surface area contributed by atoms with Crippen LogP contribution in [0.1, 0.15) is 29.4 Å². The number of hydrogen-bond donors (Lipinski definition) is 0. The maximum absolute atomic E-state index is 12.9. The number of aryl methyl sites for hydroxylation is 1. The van der Waals surface area contributed by atoms with Gasteiger partial charge in [-0.15, -0.1) is 0 Å². The molecule has 0 atom stereocenters. The number of benzene rings is 1. The third-order valence-electron chi connectivity index (χ3n) is 4.49. The van der Waals surface area contributed by atoms with Crippen LogP contribution in [0.2, 0.25) is 0 Å². The van der Waals surface area contributed by atoms with Gasteiger partial charge in [0, 0.05) is 38.6 Å². The van der Waals surface area contributed by atoms with Crippen molar-refractivity contribution in [2.75, 3.05) is 26.2 Å². The topological polar surface area (TPSA) is 83.5 Å². The molecule has 2 heterocycles. The molecule has 1 saturated heterocycles. The molecule has 0 unspecified atom stereocenters. The zero-order valence-electron chi connectivity index (χ0n) is 14.7. The van der Waals surface area contributed by atoms with Gasteiger partial charge in [0.05, 0.1) is 11.1 Å². The highest BCUT2D eigenvalue weighted by molar-refractivity contribution is 7.89. The Kier molecular flexibility index (Phi) is 5.63. The summed E-state index contributed by atoms with van der Waals surface area (Å²) in [6.07, 6.45) is 5.86. The molecule has 1 aliphatic rings. The van der Waals surface area contributed by atoms with E-state index in [-0.39, 0.29) is 18.1 Å². The normalized spacial score (nSPS) is 16.3. The van der Waals surface area contributed by atoms with E-state index in [0.29, 0.717) is 31.0 Å². The van der Waals surface area contributed by atoms with Gasteiger partial charge >= 0.3 is 0 Å². The fraction of sp³-hybridized carbons (Fsp3) is 0.389. The molecule has 0 bridgehead atoms. The molecule has 0 spiro atoms. The summed E-state index contributed by atoms with van der Waals surface area (Å²) in [6.45, 7) is 3.52. The molecule has 0 aliphatic carbocycles. The molecular formula is C18H22N4O3S. The Morgan fingerprint density at radius 2 is 1.85 bits per heavy atom. The first-order chi connectivity index (χ1) is 12.5. The highest BCUT2D eigenvalue weighted by Crippen LogP contribution is 2.19. The summed E-state index contributed by atoms with van der Waals surface area (Å²) in [5, 5.41) is 0. The van der Waals surface area contributed by atoms with E-state index in [1.165, 1.54) is 22.9 Å². The van der Waals surface area contributed by atoms with Gasteiger partial charge in [-0.05, 0) is 30.5 Å². The number of sulfonamides is 1. The summed E-state index contributed by atoms with van der Waals surface area (Å²) in [5.41, 5.74) is 1.37. The van der Waals surface area contributed by atoms with Crippen molar-refractivity contribution in [2.24, 2.45) is 0 Å². The number of carbonyl (C=O) groups excluding carboxylic acids is 1. The van der Waals surface area contributed by atoms with Gasteiger partial charge in [0.15, 0.2) is 0 Å². The average Bonchev–Trinajstić information content (AvgIpc) is 2.95. The van der Waals surface area contributed by atoms with Gasteiger partial charge in [0.1, 0.15) is 5.69 Å². The van der Waals surface area contributed by atoms with E-state index >= 15 is 0 Å². The first-order valence-corrected chi connectivity index (χ1v) is 10.1. The third kappa shape index (κ3) is 3.91. The summed E-state index contributed by atoms with van der Waals surface area (Å²) < 4.78 is 27.2. The standard InChI is InChI=1S/C18H22N4O3S/c1-2-15-4-6-16(7-5-15)26(24,25)22-11-3-10-21(12-13-22)18(23)17-14-19-8-9-20-17/h4-9,14H,2-3,10-13H2,1H3. The Hall–Kier alpha value is -2.32. The second-order valence-electron chi connectivity index (χ2n) is 6.14. The van der Waals surface area contributed by atoms with Crippen molar-refractivity contribution in [1.29, 1.82) is 0 Å². The van der Waals surface area contributed by atoms with Crippen molar-refractivity contribution in [2.45, 2.75) is 24.7 Å². The number of hydrogen-bond acceptors (Lipinski definition) is 5. The predicted octanol–water partition coefficient (Wildman–Crippen LogP) is 1.58. The second kappa shape index (κ2) is 7.92. The molecule has 7 nitrogen and oxygen atoms in total. The molecule has 0 saturated carbocycles. The van der Waals surface area contributed by atoms with Gasteiger partial charge in [0.2, 0.25) is 10.0 Å². The van der Waals surface area contributed by atoms with Gasteiger partial charge in [0.25, 0.3) is 5.91 Å². The van der Waals surface area contributed by atoms with Gasteiger partial charge in [-0.1, -0.05) is 19.1 Å². The maximum atomic E-state index is 12.9. The Morgan fingerprint density at radius 1 is 1.08 bits per heavy atom. The van der Waals surface area contributed by atoms with E-state index in [2.05, 4.69) is 9.97 Å². The number of carbonyl (C=O) groups is 1. The SMILES string of the molecule is CCc1ccc(S(=O)(=O)N2CCCN(C(=O)c3cnccn3)CC2)cc1. The van der Waals surface area contributed by atoms with Crippen molar-refractivity contribution < 1.29 is 13.2 Å². The van der Waals surface area contributed by atoms with E-state index in [4.69, 9.17) is 0 Å². The van der Waals surface area contributed by atoms with Crippen LogP contribution >= 0.6 is 0 Å². The van der Waals surface area contributed by atoms with Crippen molar-refractivity contribution in [1.82, 2.24) is 19.2 Å². The lowest BCUT2D eigenvalue weighted by molar-refractivity contribution is 0.0758. The molecular weight excluding hydrogens is 352 g/mol. The van der Waals surface area contributed by atoms with Gasteiger partial charge in [-0.3, -0.25) is 9.78 Å². The molecule has 1 aliphatic heterocycles.